The minimum absolute atomic E-state index is 0.0148. The molecule has 0 amide bonds. The molecule has 3 aliphatic rings. The average Bonchev–Trinajstić information content (AvgIpc) is 3.27. The van der Waals surface area contributed by atoms with Crippen LogP contribution in [0.4, 0.5) is 0 Å². The van der Waals surface area contributed by atoms with Crippen LogP contribution < -0.4 is 0 Å². The Morgan fingerprint density at radius 3 is 2.14 bits per heavy atom. The molecule has 13 heteroatoms. The number of carbonyl (C=O) groups excluding carboxylic acids is 5. The summed E-state index contributed by atoms with van der Waals surface area (Å²) in [5, 5.41) is 12.6. The van der Waals surface area contributed by atoms with Gasteiger partial charge in [0, 0.05) is 26.2 Å². The first-order valence-corrected chi connectivity index (χ1v) is 16.8. The molecule has 3 fully saturated rings. The van der Waals surface area contributed by atoms with Crippen LogP contribution in [0.1, 0.15) is 88.4 Å². The normalized spacial score (nSPS) is 32.8. The monoisotopic (exact) mass is 695 g/mol. The second-order valence-electron chi connectivity index (χ2n) is 14.2. The highest BCUT2D eigenvalue weighted by atomic mass is 16.6. The number of rotatable bonds is 10. The summed E-state index contributed by atoms with van der Waals surface area (Å²) in [5.74, 6) is -5.40. The van der Waals surface area contributed by atoms with Crippen molar-refractivity contribution in [1.29, 1.82) is 0 Å². The lowest BCUT2D eigenvalue weighted by Crippen LogP contribution is -2.83. The molecule has 1 N–H and O–H groups in total. The van der Waals surface area contributed by atoms with Crippen LogP contribution in [0.3, 0.4) is 0 Å². The van der Waals surface area contributed by atoms with Crippen molar-refractivity contribution >= 4 is 29.8 Å². The summed E-state index contributed by atoms with van der Waals surface area (Å²) in [5.41, 5.74) is -7.09. The lowest BCUT2D eigenvalue weighted by Gasteiger charge is -2.65. The van der Waals surface area contributed by atoms with Gasteiger partial charge in [0.2, 0.25) is 0 Å². The Kier molecular flexibility index (Phi) is 10.1. The van der Waals surface area contributed by atoms with Gasteiger partial charge in [0.1, 0.15) is 30.3 Å². The van der Waals surface area contributed by atoms with E-state index in [1.54, 1.807) is 45.0 Å². The molecule has 1 spiro atoms. The van der Waals surface area contributed by atoms with Crippen LogP contribution in [0, 0.1) is 17.3 Å². The van der Waals surface area contributed by atoms with Crippen LogP contribution in [0.15, 0.2) is 54.9 Å². The first-order chi connectivity index (χ1) is 23.5. The number of hydrogen-bond donors (Lipinski definition) is 1. The number of fused-ring (bicyclic) bond motifs is 1. The molecule has 0 radical (unpaired) electrons. The molecule has 2 aromatic rings. The van der Waals surface area contributed by atoms with Gasteiger partial charge in [0.15, 0.2) is 11.7 Å². The van der Waals surface area contributed by atoms with E-state index in [0.717, 1.165) is 0 Å². The first kappa shape index (κ1) is 36.9. The van der Waals surface area contributed by atoms with Crippen LogP contribution in [0.2, 0.25) is 0 Å². The predicted molar refractivity (Wildman–Crippen MR) is 174 cm³/mol. The van der Waals surface area contributed by atoms with E-state index in [1.165, 1.54) is 51.4 Å². The number of aliphatic hydroxyl groups is 1. The molecular weight excluding hydrogens is 650 g/mol. The van der Waals surface area contributed by atoms with E-state index in [0.29, 0.717) is 6.42 Å². The maximum absolute atomic E-state index is 14.1. The second kappa shape index (κ2) is 13.7. The molecule has 1 aliphatic heterocycles. The Balaban J connectivity index is 1.84. The molecule has 0 unspecified atom stereocenters. The van der Waals surface area contributed by atoms with Crippen LogP contribution in [0.5, 0.6) is 0 Å². The summed E-state index contributed by atoms with van der Waals surface area (Å²) >= 11 is 0. The number of carbonyl (C=O) groups is 5. The van der Waals surface area contributed by atoms with Crippen LogP contribution >= 0.6 is 0 Å². The Labute approximate surface area is 290 Å². The van der Waals surface area contributed by atoms with Crippen molar-refractivity contribution in [2.24, 2.45) is 17.3 Å². The van der Waals surface area contributed by atoms with Gasteiger partial charge in [0.25, 0.3) is 0 Å². The number of benzene rings is 1. The number of aromatic nitrogens is 1. The van der Waals surface area contributed by atoms with E-state index < -0.39 is 94.9 Å². The number of nitrogens with zero attached hydrogens (tertiary/aromatic N) is 1. The molecule has 13 nitrogen and oxygen atoms in total. The fourth-order valence-electron chi connectivity index (χ4n) is 8.20. The minimum Gasteiger partial charge on any atom is -0.464 e. The smallest absolute Gasteiger partial charge is 0.340 e. The Hall–Kier alpha value is -4.36. The second-order valence-corrected chi connectivity index (χ2v) is 14.2. The molecule has 2 aliphatic carbocycles. The van der Waals surface area contributed by atoms with Crippen molar-refractivity contribution in [2.45, 2.75) is 109 Å². The third-order valence-electron chi connectivity index (χ3n) is 10.5. The van der Waals surface area contributed by atoms with Crippen molar-refractivity contribution in [2.75, 3.05) is 6.61 Å². The highest BCUT2D eigenvalue weighted by Crippen LogP contribution is 2.69. The van der Waals surface area contributed by atoms with Crippen molar-refractivity contribution in [3.8, 4) is 0 Å². The van der Waals surface area contributed by atoms with Crippen molar-refractivity contribution in [1.82, 2.24) is 4.98 Å². The Morgan fingerprint density at radius 2 is 1.54 bits per heavy atom. The van der Waals surface area contributed by atoms with Gasteiger partial charge >= 0.3 is 29.8 Å². The number of esters is 5. The fraction of sp³-hybridized carbons (Fsp3) is 0.568. The van der Waals surface area contributed by atoms with E-state index in [4.69, 9.17) is 28.4 Å². The fourth-order valence-corrected chi connectivity index (χ4v) is 8.20. The summed E-state index contributed by atoms with van der Waals surface area (Å²) in [6.45, 7) is 10.1. The van der Waals surface area contributed by atoms with Crippen LogP contribution in [0.25, 0.3) is 0 Å². The highest BCUT2D eigenvalue weighted by molar-refractivity contribution is 5.90. The molecule has 270 valence electrons. The van der Waals surface area contributed by atoms with Gasteiger partial charge in [-0.15, -0.1) is 0 Å². The number of hydrogen-bond acceptors (Lipinski definition) is 13. The number of pyridine rings is 1. The maximum atomic E-state index is 14.1. The first-order valence-electron chi connectivity index (χ1n) is 16.8. The molecule has 2 saturated carbocycles. The molecule has 2 bridgehead atoms. The molecule has 5 rings (SSSR count). The van der Waals surface area contributed by atoms with Gasteiger partial charge in [-0.3, -0.25) is 19.4 Å². The van der Waals surface area contributed by atoms with E-state index >= 15 is 0 Å². The molecule has 1 aromatic carbocycles. The van der Waals surface area contributed by atoms with E-state index in [-0.39, 0.29) is 24.0 Å². The molecule has 1 aromatic heterocycles. The van der Waals surface area contributed by atoms with Gasteiger partial charge in [0.05, 0.1) is 34.2 Å². The van der Waals surface area contributed by atoms with Gasteiger partial charge in [-0.1, -0.05) is 32.0 Å². The van der Waals surface area contributed by atoms with Crippen molar-refractivity contribution in [3.05, 3.63) is 66.0 Å². The SMILES string of the molecule is CC[C@@H](C)C(=O)OC[C@@]12[C@@H](OC(C)=O)CC[C@](C)(O)[C@]13OC(C)(C)[C@H]([C@@H](OC(=O)c1cccnc1)[C@@H]2OC(=O)c1ccccc1)[C@H]3OC(C)=O. The largest absolute Gasteiger partial charge is 0.464 e. The lowest BCUT2D eigenvalue weighted by atomic mass is 9.46. The summed E-state index contributed by atoms with van der Waals surface area (Å²) < 4.78 is 37.7. The molecule has 9 atom stereocenters. The van der Waals surface area contributed by atoms with Gasteiger partial charge < -0.3 is 33.5 Å². The van der Waals surface area contributed by atoms with Crippen molar-refractivity contribution in [3.63, 3.8) is 0 Å². The zero-order chi connectivity index (χ0) is 36.6. The van der Waals surface area contributed by atoms with Gasteiger partial charge in [-0.2, -0.15) is 0 Å². The van der Waals surface area contributed by atoms with Gasteiger partial charge in [-0.05, 0) is 64.3 Å². The highest BCUT2D eigenvalue weighted by Gasteiger charge is 2.87. The number of ether oxygens (including phenoxy) is 6. The van der Waals surface area contributed by atoms with E-state index in [2.05, 4.69) is 4.98 Å². The minimum atomic E-state index is -2.05. The topological polar surface area (TPSA) is 174 Å². The zero-order valence-corrected chi connectivity index (χ0v) is 29.4. The average molecular weight is 696 g/mol. The summed E-state index contributed by atoms with van der Waals surface area (Å²) in [4.78, 5) is 71.3. The summed E-state index contributed by atoms with van der Waals surface area (Å²) in [6, 6.07) is 11.1. The van der Waals surface area contributed by atoms with Crippen LogP contribution in [-0.2, 0) is 42.8 Å². The molecule has 1 saturated heterocycles. The zero-order valence-electron chi connectivity index (χ0n) is 29.4. The third-order valence-corrected chi connectivity index (χ3v) is 10.5. The van der Waals surface area contributed by atoms with Gasteiger partial charge in [-0.25, -0.2) is 9.59 Å². The van der Waals surface area contributed by atoms with Crippen LogP contribution in [-0.4, -0.2) is 87.8 Å². The Bertz CT molecular complexity index is 1610. The molecular formula is C37H45NO12. The quantitative estimate of drug-likeness (QED) is 0.279. The summed E-state index contributed by atoms with van der Waals surface area (Å²) in [6.07, 6.45) is -2.55. The third kappa shape index (κ3) is 6.14. The van der Waals surface area contributed by atoms with E-state index in [1.807, 2.05) is 6.92 Å². The molecule has 50 heavy (non-hydrogen) atoms. The Morgan fingerprint density at radius 1 is 0.900 bits per heavy atom. The maximum Gasteiger partial charge on any atom is 0.340 e. The predicted octanol–water partition coefficient (Wildman–Crippen LogP) is 3.99. The van der Waals surface area contributed by atoms with Crippen molar-refractivity contribution < 1.29 is 57.5 Å². The lowest BCUT2D eigenvalue weighted by molar-refractivity contribution is -0.348. The van der Waals surface area contributed by atoms with E-state index in [9.17, 15) is 29.1 Å². The molecule has 2 heterocycles. The summed E-state index contributed by atoms with van der Waals surface area (Å²) in [7, 11) is 0. The standard InChI is InChI=1S/C37H45NO12/c1-8-21(2)31(41)45-20-36-26(46-22(3)39)16-17-35(7,44)37(36)29(47-23(4)40)27(34(5,6)50-37)28(48-33(43)25-15-12-18-38-19-25)30(36)49-32(42)24-13-10-9-11-14-24/h9-15,18-19,21,26-30,44H,8,16-17,20H2,1-7H3/t21-,26+,27-,28-,29-,30+,35+,36+,37+/m1/s1.